The minimum atomic E-state index is -1.53. The number of carbonyl (C=O) groups is 2. The SMILES string of the molecule is CCSC(=O)/C=C\C(C)(C)[C@]1(OC)O[C@H](C[C@@H](OCc2ccc(OC)cc2)[C@@H](C)OCOCc2ccccc2)CCC1=O. The molecule has 1 fully saturated rings. The number of thioether (sulfide) groups is 1. The highest BCUT2D eigenvalue weighted by molar-refractivity contribution is 8.14. The third-order valence-corrected chi connectivity index (χ3v) is 8.33. The Balaban J connectivity index is 1.72. The second kappa shape index (κ2) is 17.1. The number of hydrogen-bond acceptors (Lipinski definition) is 9. The van der Waals surface area contributed by atoms with Gasteiger partial charge >= 0.3 is 0 Å². The zero-order valence-electron chi connectivity index (χ0n) is 26.2. The maximum Gasteiger partial charge on any atom is 0.237 e. The van der Waals surface area contributed by atoms with Crippen LogP contribution >= 0.6 is 11.8 Å². The standard InChI is InChI=1S/C34H46O8S/c1-7-43-32(36)19-20-33(3,4)34(38-6)31(35)18-17-29(42-34)21-30(40-23-27-13-15-28(37-5)16-14-27)25(2)41-24-39-22-26-11-9-8-10-12-26/h8-16,19-20,25,29-30H,7,17-18,21-24H2,1-6H3/b20-19-/t25-,29+,30-,34-/m1/s1. The van der Waals surface area contributed by atoms with Gasteiger partial charge in [0.15, 0.2) is 5.78 Å². The predicted molar refractivity (Wildman–Crippen MR) is 168 cm³/mol. The van der Waals surface area contributed by atoms with Crippen LogP contribution in [0.1, 0.15) is 58.1 Å². The zero-order chi connectivity index (χ0) is 31.3. The first-order valence-electron chi connectivity index (χ1n) is 14.7. The van der Waals surface area contributed by atoms with Crippen molar-refractivity contribution < 1.29 is 38.0 Å². The van der Waals surface area contributed by atoms with E-state index in [1.165, 1.54) is 24.9 Å². The fourth-order valence-corrected chi connectivity index (χ4v) is 5.52. The summed E-state index contributed by atoms with van der Waals surface area (Å²) in [7, 11) is 3.11. The van der Waals surface area contributed by atoms with E-state index < -0.39 is 11.2 Å². The predicted octanol–water partition coefficient (Wildman–Crippen LogP) is 6.50. The van der Waals surface area contributed by atoms with Crippen LogP contribution in [-0.2, 0) is 46.5 Å². The Morgan fingerprint density at radius 2 is 1.77 bits per heavy atom. The van der Waals surface area contributed by atoms with E-state index in [1.54, 1.807) is 13.2 Å². The molecule has 1 aliphatic heterocycles. The van der Waals surface area contributed by atoms with E-state index in [4.69, 9.17) is 28.4 Å². The summed E-state index contributed by atoms with van der Waals surface area (Å²) in [6.45, 7) is 8.48. The summed E-state index contributed by atoms with van der Waals surface area (Å²) < 4.78 is 35.9. The minimum Gasteiger partial charge on any atom is -0.497 e. The molecule has 4 atom stereocenters. The Kier molecular flexibility index (Phi) is 13.9. The van der Waals surface area contributed by atoms with Gasteiger partial charge < -0.3 is 28.4 Å². The number of carbonyl (C=O) groups excluding carboxylic acids is 2. The molecule has 43 heavy (non-hydrogen) atoms. The first-order valence-corrected chi connectivity index (χ1v) is 15.7. The molecule has 3 rings (SSSR count). The van der Waals surface area contributed by atoms with E-state index in [2.05, 4.69) is 0 Å². The van der Waals surface area contributed by atoms with Gasteiger partial charge in [0.25, 0.3) is 0 Å². The molecule has 236 valence electrons. The largest absolute Gasteiger partial charge is 0.497 e. The van der Waals surface area contributed by atoms with Crippen LogP contribution in [0.2, 0.25) is 0 Å². The maximum absolute atomic E-state index is 13.3. The van der Waals surface area contributed by atoms with E-state index in [-0.39, 0.29) is 42.4 Å². The highest BCUT2D eigenvalue weighted by atomic mass is 32.2. The van der Waals surface area contributed by atoms with Crippen molar-refractivity contribution in [2.24, 2.45) is 5.41 Å². The van der Waals surface area contributed by atoms with Crippen molar-refractivity contribution in [3.63, 3.8) is 0 Å². The van der Waals surface area contributed by atoms with Gasteiger partial charge in [-0.2, -0.15) is 0 Å². The van der Waals surface area contributed by atoms with Gasteiger partial charge in [-0.1, -0.05) is 81.1 Å². The summed E-state index contributed by atoms with van der Waals surface area (Å²) in [5, 5.41) is -0.0749. The minimum absolute atomic E-state index is 0.0749. The van der Waals surface area contributed by atoms with Crippen molar-refractivity contribution in [2.45, 2.75) is 84.3 Å². The molecular weight excluding hydrogens is 568 g/mol. The molecule has 0 unspecified atom stereocenters. The molecule has 1 saturated heterocycles. The van der Waals surface area contributed by atoms with Crippen molar-refractivity contribution in [3.8, 4) is 5.75 Å². The van der Waals surface area contributed by atoms with Crippen molar-refractivity contribution in [1.29, 1.82) is 0 Å². The second-order valence-corrected chi connectivity index (χ2v) is 12.4. The summed E-state index contributed by atoms with van der Waals surface area (Å²) in [5.41, 5.74) is 1.16. The number of rotatable bonds is 17. The molecule has 1 heterocycles. The van der Waals surface area contributed by atoms with Gasteiger partial charge in [-0.25, -0.2) is 0 Å². The molecule has 0 aliphatic carbocycles. The molecule has 0 saturated carbocycles. The highest BCUT2D eigenvalue weighted by Gasteiger charge is 2.55. The van der Waals surface area contributed by atoms with Crippen LogP contribution in [0.15, 0.2) is 66.7 Å². The van der Waals surface area contributed by atoms with E-state index in [9.17, 15) is 9.59 Å². The number of methoxy groups -OCH3 is 2. The number of Topliss-reactive ketones (excluding diaryl/α,β-unsaturated/α-hetero) is 1. The van der Waals surface area contributed by atoms with Crippen molar-refractivity contribution >= 4 is 22.7 Å². The van der Waals surface area contributed by atoms with E-state index >= 15 is 0 Å². The van der Waals surface area contributed by atoms with Crippen molar-refractivity contribution in [1.82, 2.24) is 0 Å². The topological polar surface area (TPSA) is 89.5 Å². The Bertz CT molecular complexity index is 1170. The van der Waals surface area contributed by atoms with Gasteiger partial charge in [0, 0.05) is 25.4 Å². The van der Waals surface area contributed by atoms with Gasteiger partial charge in [0.05, 0.1) is 38.6 Å². The quantitative estimate of drug-likeness (QED) is 0.112. The van der Waals surface area contributed by atoms with E-state index in [1.807, 2.05) is 82.3 Å². The fraction of sp³-hybridized carbons (Fsp3) is 0.529. The van der Waals surface area contributed by atoms with Crippen LogP contribution in [0.4, 0.5) is 0 Å². The van der Waals surface area contributed by atoms with Gasteiger partial charge in [-0.05, 0) is 48.4 Å². The lowest BCUT2D eigenvalue weighted by atomic mass is 9.77. The monoisotopic (exact) mass is 614 g/mol. The van der Waals surface area contributed by atoms with E-state index in [0.717, 1.165) is 16.9 Å². The summed E-state index contributed by atoms with van der Waals surface area (Å²) in [6.07, 6.45) is 3.46. The average molecular weight is 615 g/mol. The summed E-state index contributed by atoms with van der Waals surface area (Å²) in [6, 6.07) is 17.6. The van der Waals surface area contributed by atoms with Crippen LogP contribution in [0.25, 0.3) is 0 Å². The highest BCUT2D eigenvalue weighted by Crippen LogP contribution is 2.43. The number of benzene rings is 2. The van der Waals surface area contributed by atoms with Crippen LogP contribution in [0, 0.1) is 5.41 Å². The molecule has 0 N–H and O–H groups in total. The molecule has 0 radical (unpaired) electrons. The summed E-state index contributed by atoms with van der Waals surface area (Å²) in [5.74, 6) is -0.236. The number of ketones is 1. The lowest BCUT2D eigenvalue weighted by Crippen LogP contribution is -2.59. The van der Waals surface area contributed by atoms with Crippen LogP contribution in [-0.4, -0.2) is 61.8 Å². The Hall–Kier alpha value is -2.53. The van der Waals surface area contributed by atoms with Gasteiger partial charge in [-0.15, -0.1) is 0 Å². The molecule has 9 heteroatoms. The Labute approximate surface area is 260 Å². The zero-order valence-corrected chi connectivity index (χ0v) is 27.0. The first kappa shape index (κ1) is 35.0. The Morgan fingerprint density at radius 1 is 1.07 bits per heavy atom. The van der Waals surface area contributed by atoms with Gasteiger partial charge in [-0.3, -0.25) is 9.59 Å². The lowest BCUT2D eigenvalue weighted by Gasteiger charge is -2.47. The molecule has 8 nitrogen and oxygen atoms in total. The molecule has 0 bridgehead atoms. The normalized spacial score (nSPS) is 20.7. The maximum atomic E-state index is 13.3. The fourth-order valence-electron chi connectivity index (χ4n) is 5.07. The van der Waals surface area contributed by atoms with Crippen LogP contribution in [0.3, 0.4) is 0 Å². The molecule has 0 spiro atoms. The third kappa shape index (κ3) is 9.99. The smallest absolute Gasteiger partial charge is 0.237 e. The number of ether oxygens (including phenoxy) is 6. The molecule has 2 aromatic carbocycles. The molecular formula is C34H46O8S. The summed E-state index contributed by atoms with van der Waals surface area (Å²) in [4.78, 5) is 25.5. The molecule has 0 amide bonds. The van der Waals surface area contributed by atoms with Crippen molar-refractivity contribution in [3.05, 3.63) is 77.9 Å². The van der Waals surface area contributed by atoms with Crippen LogP contribution in [0.5, 0.6) is 5.75 Å². The molecule has 1 aliphatic rings. The molecule has 0 aromatic heterocycles. The van der Waals surface area contributed by atoms with Crippen molar-refractivity contribution in [2.75, 3.05) is 26.8 Å². The second-order valence-electron chi connectivity index (χ2n) is 11.1. The van der Waals surface area contributed by atoms with Gasteiger partial charge in [0.2, 0.25) is 10.9 Å². The van der Waals surface area contributed by atoms with E-state index in [0.29, 0.717) is 31.8 Å². The average Bonchev–Trinajstić information content (AvgIpc) is 3.02. The third-order valence-electron chi connectivity index (χ3n) is 7.62. The first-order chi connectivity index (χ1) is 20.6. The Morgan fingerprint density at radius 3 is 2.42 bits per heavy atom. The summed E-state index contributed by atoms with van der Waals surface area (Å²) >= 11 is 1.21. The van der Waals surface area contributed by atoms with Crippen LogP contribution < -0.4 is 4.74 Å². The number of hydrogen-bond donors (Lipinski definition) is 0. The molecule has 2 aromatic rings. The van der Waals surface area contributed by atoms with Gasteiger partial charge in [0.1, 0.15) is 12.5 Å². The lowest BCUT2D eigenvalue weighted by molar-refractivity contribution is -0.286.